The quantitative estimate of drug-likeness (QED) is 0.251. The first-order valence-corrected chi connectivity index (χ1v) is 13.9. The molecule has 1 fully saturated rings. The van der Waals surface area contributed by atoms with Gasteiger partial charge in [-0.1, -0.05) is 30.6 Å². The van der Waals surface area contributed by atoms with Crippen molar-refractivity contribution in [2.45, 2.75) is 49.6 Å². The van der Waals surface area contributed by atoms with Gasteiger partial charge in [0, 0.05) is 30.8 Å². The Balaban J connectivity index is 1.66. The fraction of sp³-hybridized carbons (Fsp3) is 0.375. The van der Waals surface area contributed by atoms with Crippen LogP contribution < -0.4 is 4.80 Å². The number of carbonyl (C=O) groups excluding carboxylic acids is 2. The molecule has 1 saturated carbocycles. The number of non-ortho nitro benzene ring substituents is 1. The third kappa shape index (κ3) is 5.63. The van der Waals surface area contributed by atoms with Crippen molar-refractivity contribution in [2.24, 2.45) is 4.99 Å². The molecular weight excluding hydrogens is 520 g/mol. The van der Waals surface area contributed by atoms with E-state index in [4.69, 9.17) is 4.74 Å². The Kier molecular flexibility index (Phi) is 7.85. The highest BCUT2D eigenvalue weighted by molar-refractivity contribution is 7.89. The lowest BCUT2D eigenvalue weighted by molar-refractivity contribution is -0.384. The third-order valence-electron chi connectivity index (χ3n) is 6.46. The maximum atomic E-state index is 13.1. The van der Waals surface area contributed by atoms with E-state index >= 15 is 0 Å². The van der Waals surface area contributed by atoms with Crippen molar-refractivity contribution >= 4 is 49.1 Å². The zero-order valence-corrected chi connectivity index (χ0v) is 22.0. The Bertz CT molecular complexity index is 1520. The number of esters is 1. The van der Waals surface area contributed by atoms with Crippen molar-refractivity contribution in [2.75, 3.05) is 14.2 Å². The number of thiazole rings is 1. The molecule has 1 aliphatic rings. The molecule has 37 heavy (non-hydrogen) atoms. The normalized spacial score (nSPS) is 15.3. The molecule has 0 unspecified atom stereocenters. The number of benzene rings is 2. The lowest BCUT2D eigenvalue weighted by Gasteiger charge is -2.30. The smallest absolute Gasteiger partial charge is 0.325 e. The van der Waals surface area contributed by atoms with Crippen molar-refractivity contribution in [3.63, 3.8) is 0 Å². The number of nitrogens with zero attached hydrogens (tertiary/aromatic N) is 4. The highest BCUT2D eigenvalue weighted by atomic mass is 32.2. The molecule has 0 spiro atoms. The summed E-state index contributed by atoms with van der Waals surface area (Å²) in [6.07, 6.45) is 4.77. The van der Waals surface area contributed by atoms with Gasteiger partial charge in [-0.2, -0.15) is 9.30 Å². The van der Waals surface area contributed by atoms with Crippen LogP contribution in [0, 0.1) is 10.1 Å². The summed E-state index contributed by atoms with van der Waals surface area (Å²) in [5, 5.41) is 11.2. The van der Waals surface area contributed by atoms with Gasteiger partial charge >= 0.3 is 5.97 Å². The Morgan fingerprint density at radius 2 is 1.84 bits per heavy atom. The van der Waals surface area contributed by atoms with Crippen LogP contribution in [0.4, 0.5) is 5.69 Å². The van der Waals surface area contributed by atoms with Crippen LogP contribution in [0.3, 0.4) is 0 Å². The van der Waals surface area contributed by atoms with Crippen LogP contribution >= 0.6 is 11.3 Å². The number of hydrogen-bond acceptors (Lipinski definition) is 8. The number of ether oxygens (including phenoxy) is 1. The van der Waals surface area contributed by atoms with E-state index in [0.29, 0.717) is 10.2 Å². The summed E-state index contributed by atoms with van der Waals surface area (Å²) >= 11 is 1.02. The molecule has 1 aromatic heterocycles. The van der Waals surface area contributed by atoms with Crippen LogP contribution in [0.15, 0.2) is 52.4 Å². The molecule has 1 heterocycles. The van der Waals surface area contributed by atoms with E-state index in [0.717, 1.165) is 43.4 Å². The van der Waals surface area contributed by atoms with Gasteiger partial charge in [0.25, 0.3) is 11.6 Å². The van der Waals surface area contributed by atoms with Gasteiger partial charge < -0.3 is 9.30 Å². The van der Waals surface area contributed by atoms with Crippen molar-refractivity contribution < 1.29 is 27.7 Å². The molecule has 1 amide bonds. The number of sulfonamides is 1. The largest absolute Gasteiger partial charge is 0.468 e. The first-order chi connectivity index (χ1) is 17.6. The van der Waals surface area contributed by atoms with Crippen LogP contribution in [0.5, 0.6) is 0 Å². The van der Waals surface area contributed by atoms with E-state index in [-0.39, 0.29) is 33.5 Å². The number of nitro benzene ring substituents is 1. The number of fused-ring (bicyclic) bond motifs is 1. The lowest BCUT2D eigenvalue weighted by Crippen LogP contribution is -2.38. The lowest BCUT2D eigenvalue weighted by atomic mass is 9.96. The predicted molar refractivity (Wildman–Crippen MR) is 137 cm³/mol. The van der Waals surface area contributed by atoms with Gasteiger partial charge in [-0.05, 0) is 43.2 Å². The minimum atomic E-state index is -3.71. The summed E-state index contributed by atoms with van der Waals surface area (Å²) in [4.78, 5) is 39.9. The number of aromatic nitrogens is 1. The molecule has 0 bridgehead atoms. The Hall–Kier alpha value is -3.42. The van der Waals surface area contributed by atoms with Crippen LogP contribution in [-0.2, 0) is 26.1 Å². The van der Waals surface area contributed by atoms with Gasteiger partial charge in [0.2, 0.25) is 10.0 Å². The molecule has 3 aromatic rings. The Morgan fingerprint density at radius 1 is 1.16 bits per heavy atom. The monoisotopic (exact) mass is 546 g/mol. The van der Waals surface area contributed by atoms with E-state index in [2.05, 4.69) is 4.99 Å². The molecule has 13 heteroatoms. The highest BCUT2D eigenvalue weighted by Crippen LogP contribution is 2.27. The molecule has 0 saturated heterocycles. The SMILES string of the molecule is COC(=O)Cn1c(=NC(=O)c2ccc(S(=O)(=O)N(C)C3CCCCC3)cc2)sc2cc([N+](=O)[O-])ccc21. The van der Waals surface area contributed by atoms with Gasteiger partial charge in [0.15, 0.2) is 4.80 Å². The number of methoxy groups -OCH3 is 1. The summed E-state index contributed by atoms with van der Waals surface area (Å²) < 4.78 is 34.2. The summed E-state index contributed by atoms with van der Waals surface area (Å²) in [6, 6.07) is 9.66. The van der Waals surface area contributed by atoms with Crippen LogP contribution in [0.25, 0.3) is 10.2 Å². The van der Waals surface area contributed by atoms with E-state index in [1.807, 2.05) is 0 Å². The summed E-state index contributed by atoms with van der Waals surface area (Å²) in [5.41, 5.74) is 0.513. The molecule has 196 valence electrons. The minimum absolute atomic E-state index is 0.0379. The fourth-order valence-electron chi connectivity index (χ4n) is 4.34. The maximum Gasteiger partial charge on any atom is 0.325 e. The van der Waals surface area contributed by atoms with Crippen molar-refractivity contribution in [3.05, 3.63) is 62.9 Å². The second kappa shape index (κ2) is 10.9. The Morgan fingerprint density at radius 3 is 2.46 bits per heavy atom. The topological polar surface area (TPSA) is 141 Å². The number of amides is 1. The predicted octanol–water partition coefficient (Wildman–Crippen LogP) is 3.48. The Labute approximate surface area is 217 Å². The zero-order valence-electron chi connectivity index (χ0n) is 20.3. The molecule has 0 atom stereocenters. The van der Waals surface area contributed by atoms with Gasteiger partial charge in [-0.25, -0.2) is 8.42 Å². The first kappa shape index (κ1) is 26.6. The highest BCUT2D eigenvalue weighted by Gasteiger charge is 2.29. The summed E-state index contributed by atoms with van der Waals surface area (Å²) in [5.74, 6) is -1.23. The van der Waals surface area contributed by atoms with Gasteiger partial charge in [-0.15, -0.1) is 0 Å². The second-order valence-electron chi connectivity index (χ2n) is 8.71. The maximum absolute atomic E-state index is 13.1. The number of hydrogen-bond donors (Lipinski definition) is 0. The first-order valence-electron chi connectivity index (χ1n) is 11.6. The van der Waals surface area contributed by atoms with Crippen LogP contribution in [0.2, 0.25) is 0 Å². The molecule has 1 aliphatic carbocycles. The van der Waals surface area contributed by atoms with Crippen LogP contribution in [-0.4, -0.2) is 54.3 Å². The summed E-state index contributed by atoms with van der Waals surface area (Å²) in [6.45, 7) is -0.245. The second-order valence-corrected chi connectivity index (χ2v) is 11.7. The molecule has 0 aliphatic heterocycles. The van der Waals surface area contributed by atoms with Crippen molar-refractivity contribution in [1.29, 1.82) is 0 Å². The minimum Gasteiger partial charge on any atom is -0.468 e. The molecule has 11 nitrogen and oxygen atoms in total. The number of carbonyl (C=O) groups is 2. The number of nitro groups is 1. The van der Waals surface area contributed by atoms with Crippen LogP contribution in [0.1, 0.15) is 42.5 Å². The van der Waals surface area contributed by atoms with Gasteiger partial charge in [-0.3, -0.25) is 19.7 Å². The number of rotatable bonds is 7. The standard InChI is InChI=1S/C24H26N4O7S2/c1-26(17-6-4-3-5-7-17)37(33,34)19-11-8-16(9-12-19)23(30)25-24-27(15-22(29)35-2)20-13-10-18(28(31)32)14-21(20)36-24/h8-14,17H,3-7,15H2,1-2H3. The van der Waals surface area contributed by atoms with Crippen molar-refractivity contribution in [1.82, 2.24) is 8.87 Å². The molecular formula is C24H26N4O7S2. The molecule has 2 aromatic carbocycles. The van der Waals surface area contributed by atoms with Crippen molar-refractivity contribution in [3.8, 4) is 0 Å². The molecule has 0 radical (unpaired) electrons. The average molecular weight is 547 g/mol. The van der Waals surface area contributed by atoms with E-state index in [9.17, 15) is 28.1 Å². The van der Waals surface area contributed by atoms with E-state index in [1.54, 1.807) is 7.05 Å². The third-order valence-corrected chi connectivity index (χ3v) is 9.42. The molecule has 0 N–H and O–H groups in total. The van der Waals surface area contributed by atoms with Gasteiger partial charge in [0.1, 0.15) is 6.54 Å². The van der Waals surface area contributed by atoms with E-state index in [1.165, 1.54) is 58.4 Å². The van der Waals surface area contributed by atoms with Gasteiger partial charge in [0.05, 0.1) is 27.1 Å². The molecule has 4 rings (SSSR count). The average Bonchev–Trinajstić information content (AvgIpc) is 3.24. The summed E-state index contributed by atoms with van der Waals surface area (Å²) in [7, 11) is -0.892. The zero-order chi connectivity index (χ0) is 26.7. The van der Waals surface area contributed by atoms with E-state index < -0.39 is 26.8 Å². The fourth-order valence-corrected chi connectivity index (χ4v) is 6.81.